The molecule has 0 saturated heterocycles. The molecule has 0 saturated carbocycles. The SMILES string of the molecule is CCC(C)CCCCCc1ccc(C)cc1C. The summed E-state index contributed by atoms with van der Waals surface area (Å²) < 4.78 is 0. The fourth-order valence-corrected chi connectivity index (χ4v) is 2.32. The average molecular weight is 232 g/mol. The van der Waals surface area contributed by atoms with Crippen LogP contribution in [-0.2, 0) is 6.42 Å². The lowest BCUT2D eigenvalue weighted by molar-refractivity contribution is 0.478. The molecule has 0 fully saturated rings. The second-order valence-corrected chi connectivity index (χ2v) is 5.54. The molecule has 0 nitrogen and oxygen atoms in total. The third-order valence-electron chi connectivity index (χ3n) is 3.84. The van der Waals surface area contributed by atoms with Gasteiger partial charge in [0.25, 0.3) is 0 Å². The highest BCUT2D eigenvalue weighted by atomic mass is 14.1. The minimum absolute atomic E-state index is 0.913. The minimum atomic E-state index is 0.913. The van der Waals surface area contributed by atoms with Gasteiger partial charge in [0.15, 0.2) is 0 Å². The van der Waals surface area contributed by atoms with Crippen LogP contribution in [0.3, 0.4) is 0 Å². The molecule has 1 rings (SSSR count). The first kappa shape index (κ1) is 14.3. The zero-order valence-electron chi connectivity index (χ0n) is 12.1. The molecule has 0 aliphatic carbocycles. The Kier molecular flexibility index (Phi) is 6.32. The van der Waals surface area contributed by atoms with Crippen LogP contribution >= 0.6 is 0 Å². The average Bonchev–Trinajstić information content (AvgIpc) is 2.30. The van der Waals surface area contributed by atoms with Crippen LogP contribution in [0.5, 0.6) is 0 Å². The van der Waals surface area contributed by atoms with Crippen molar-refractivity contribution in [3.8, 4) is 0 Å². The summed E-state index contributed by atoms with van der Waals surface area (Å²) in [6.07, 6.45) is 8.13. The molecule has 0 N–H and O–H groups in total. The Morgan fingerprint density at radius 2 is 1.82 bits per heavy atom. The number of hydrogen-bond donors (Lipinski definition) is 0. The van der Waals surface area contributed by atoms with Crippen LogP contribution < -0.4 is 0 Å². The fraction of sp³-hybridized carbons (Fsp3) is 0.647. The van der Waals surface area contributed by atoms with Crippen LogP contribution in [0.25, 0.3) is 0 Å². The predicted octanol–water partition coefficient (Wildman–Crippen LogP) is 5.45. The van der Waals surface area contributed by atoms with Crippen LogP contribution in [0.4, 0.5) is 0 Å². The Bertz CT molecular complexity index is 325. The van der Waals surface area contributed by atoms with Gasteiger partial charge in [0, 0.05) is 0 Å². The van der Waals surface area contributed by atoms with Crippen molar-refractivity contribution in [1.29, 1.82) is 0 Å². The van der Waals surface area contributed by atoms with Crippen LogP contribution in [-0.4, -0.2) is 0 Å². The Labute approximate surface area is 107 Å². The molecular formula is C17H28. The summed E-state index contributed by atoms with van der Waals surface area (Å²) in [6, 6.07) is 6.84. The maximum absolute atomic E-state index is 2.37. The van der Waals surface area contributed by atoms with E-state index < -0.39 is 0 Å². The van der Waals surface area contributed by atoms with E-state index in [2.05, 4.69) is 45.9 Å². The Morgan fingerprint density at radius 3 is 2.47 bits per heavy atom. The third-order valence-corrected chi connectivity index (χ3v) is 3.84. The van der Waals surface area contributed by atoms with E-state index in [1.165, 1.54) is 49.7 Å². The van der Waals surface area contributed by atoms with Crippen LogP contribution in [0.2, 0.25) is 0 Å². The van der Waals surface area contributed by atoms with Crippen LogP contribution in [0.1, 0.15) is 62.6 Å². The zero-order chi connectivity index (χ0) is 12.7. The third kappa shape index (κ3) is 5.39. The van der Waals surface area contributed by atoms with Crippen molar-refractivity contribution < 1.29 is 0 Å². The lowest BCUT2D eigenvalue weighted by Gasteiger charge is -2.09. The Balaban J connectivity index is 2.22. The van der Waals surface area contributed by atoms with E-state index in [1.54, 1.807) is 5.56 Å². The van der Waals surface area contributed by atoms with E-state index in [1.807, 2.05) is 0 Å². The summed E-state index contributed by atoms with van der Waals surface area (Å²) in [4.78, 5) is 0. The molecule has 0 aliphatic heterocycles. The second-order valence-electron chi connectivity index (χ2n) is 5.54. The van der Waals surface area contributed by atoms with Gasteiger partial charge in [-0.2, -0.15) is 0 Å². The lowest BCUT2D eigenvalue weighted by Crippen LogP contribution is -1.94. The molecular weight excluding hydrogens is 204 g/mol. The normalized spacial score (nSPS) is 12.7. The molecule has 0 aromatic heterocycles. The van der Waals surface area contributed by atoms with Gasteiger partial charge in [0.05, 0.1) is 0 Å². The molecule has 0 spiro atoms. The van der Waals surface area contributed by atoms with Crippen LogP contribution in [0.15, 0.2) is 18.2 Å². The number of unbranched alkanes of at least 4 members (excludes halogenated alkanes) is 2. The van der Waals surface area contributed by atoms with E-state index in [0.717, 1.165) is 5.92 Å². The van der Waals surface area contributed by atoms with E-state index in [4.69, 9.17) is 0 Å². The summed E-state index contributed by atoms with van der Waals surface area (Å²) in [6.45, 7) is 9.06. The highest BCUT2D eigenvalue weighted by Gasteiger charge is 2.00. The first-order valence-corrected chi connectivity index (χ1v) is 7.19. The van der Waals surface area contributed by atoms with Crippen molar-refractivity contribution in [2.24, 2.45) is 5.92 Å². The van der Waals surface area contributed by atoms with Gasteiger partial charge in [0.1, 0.15) is 0 Å². The highest BCUT2D eigenvalue weighted by molar-refractivity contribution is 5.30. The van der Waals surface area contributed by atoms with E-state index >= 15 is 0 Å². The first-order chi connectivity index (χ1) is 8.13. The number of benzene rings is 1. The standard InChI is InChI=1S/C17H28/c1-5-14(2)9-7-6-8-10-17-12-11-15(3)13-16(17)4/h11-14H,5-10H2,1-4H3. The molecule has 0 amide bonds. The predicted molar refractivity (Wildman–Crippen MR) is 77.5 cm³/mol. The van der Waals surface area contributed by atoms with E-state index in [9.17, 15) is 0 Å². The Morgan fingerprint density at radius 1 is 1.06 bits per heavy atom. The molecule has 1 atom stereocenters. The first-order valence-electron chi connectivity index (χ1n) is 7.19. The van der Waals surface area contributed by atoms with E-state index in [-0.39, 0.29) is 0 Å². The van der Waals surface area contributed by atoms with Crippen LogP contribution in [0, 0.1) is 19.8 Å². The topological polar surface area (TPSA) is 0 Å². The molecule has 1 unspecified atom stereocenters. The summed E-state index contributed by atoms with van der Waals surface area (Å²) in [5, 5.41) is 0. The van der Waals surface area contributed by atoms with Crippen molar-refractivity contribution in [1.82, 2.24) is 0 Å². The van der Waals surface area contributed by atoms with Gasteiger partial charge in [0.2, 0.25) is 0 Å². The maximum Gasteiger partial charge on any atom is -0.0276 e. The molecule has 1 aromatic rings. The molecule has 0 radical (unpaired) electrons. The molecule has 0 heterocycles. The fourth-order valence-electron chi connectivity index (χ4n) is 2.32. The molecule has 96 valence electrons. The minimum Gasteiger partial charge on any atom is -0.0651 e. The van der Waals surface area contributed by atoms with Crippen molar-refractivity contribution >= 4 is 0 Å². The van der Waals surface area contributed by atoms with Gasteiger partial charge in [-0.15, -0.1) is 0 Å². The molecule has 0 bridgehead atoms. The zero-order valence-corrected chi connectivity index (χ0v) is 12.1. The highest BCUT2D eigenvalue weighted by Crippen LogP contribution is 2.16. The largest absolute Gasteiger partial charge is 0.0651 e. The molecule has 17 heavy (non-hydrogen) atoms. The number of hydrogen-bond acceptors (Lipinski definition) is 0. The van der Waals surface area contributed by atoms with Gasteiger partial charge >= 0.3 is 0 Å². The summed E-state index contributed by atoms with van der Waals surface area (Å²) >= 11 is 0. The van der Waals surface area contributed by atoms with Gasteiger partial charge in [-0.25, -0.2) is 0 Å². The summed E-state index contributed by atoms with van der Waals surface area (Å²) in [5.74, 6) is 0.913. The van der Waals surface area contributed by atoms with Gasteiger partial charge < -0.3 is 0 Å². The quantitative estimate of drug-likeness (QED) is 0.548. The molecule has 0 aliphatic rings. The monoisotopic (exact) mass is 232 g/mol. The van der Waals surface area contributed by atoms with Crippen molar-refractivity contribution in [2.75, 3.05) is 0 Å². The Hall–Kier alpha value is -0.780. The number of rotatable bonds is 7. The summed E-state index contributed by atoms with van der Waals surface area (Å²) in [7, 11) is 0. The second kappa shape index (κ2) is 7.53. The maximum atomic E-state index is 2.37. The van der Waals surface area contributed by atoms with Crippen molar-refractivity contribution in [3.05, 3.63) is 34.9 Å². The van der Waals surface area contributed by atoms with Crippen molar-refractivity contribution in [3.63, 3.8) is 0 Å². The van der Waals surface area contributed by atoms with Crippen molar-refractivity contribution in [2.45, 2.75) is 66.2 Å². The summed E-state index contributed by atoms with van der Waals surface area (Å²) in [5.41, 5.74) is 4.38. The lowest BCUT2D eigenvalue weighted by atomic mass is 9.97. The smallest absolute Gasteiger partial charge is 0.0276 e. The molecule has 1 aromatic carbocycles. The van der Waals surface area contributed by atoms with Gasteiger partial charge in [-0.1, -0.05) is 63.3 Å². The number of aryl methyl sites for hydroxylation is 3. The van der Waals surface area contributed by atoms with Gasteiger partial charge in [-0.3, -0.25) is 0 Å². The van der Waals surface area contributed by atoms with E-state index in [0.29, 0.717) is 0 Å². The van der Waals surface area contributed by atoms with Gasteiger partial charge in [-0.05, 0) is 43.7 Å². The molecule has 0 heteroatoms.